The monoisotopic (exact) mass is 270 g/mol. The predicted octanol–water partition coefficient (Wildman–Crippen LogP) is 2.25. The summed E-state index contributed by atoms with van der Waals surface area (Å²) in [4.78, 5) is 22.4. The van der Waals surface area contributed by atoms with E-state index < -0.39 is 12.2 Å². The first-order chi connectivity index (χ1) is 8.93. The van der Waals surface area contributed by atoms with Crippen molar-refractivity contribution >= 4 is 12.1 Å². The minimum absolute atomic E-state index is 0.0379. The van der Waals surface area contributed by atoms with Crippen LogP contribution < -0.4 is 0 Å². The third kappa shape index (κ3) is 6.30. The fraction of sp³-hybridized carbons (Fsp3) is 0.867. The largest absolute Gasteiger partial charge is 0.381 e. The smallest absolute Gasteiger partial charge is 0.165 e. The lowest BCUT2D eigenvalue weighted by atomic mass is 9.92. The van der Waals surface area contributed by atoms with E-state index in [1.54, 1.807) is 0 Å². The summed E-state index contributed by atoms with van der Waals surface area (Å²) in [6.45, 7) is 9.83. The van der Waals surface area contributed by atoms with E-state index in [1.165, 1.54) is 0 Å². The van der Waals surface area contributed by atoms with Gasteiger partial charge in [-0.05, 0) is 24.2 Å². The number of rotatable bonds is 10. The van der Waals surface area contributed by atoms with Gasteiger partial charge >= 0.3 is 0 Å². The number of hydrogen-bond donors (Lipinski definition) is 0. The molecule has 19 heavy (non-hydrogen) atoms. The van der Waals surface area contributed by atoms with Crippen LogP contribution in [0.1, 0.15) is 40.5 Å². The van der Waals surface area contributed by atoms with Gasteiger partial charge in [0, 0.05) is 19.6 Å². The number of hydrogen-bond acceptors (Lipinski definition) is 4. The molecule has 1 rings (SSSR count). The maximum atomic E-state index is 11.9. The van der Waals surface area contributed by atoms with Gasteiger partial charge < -0.3 is 14.3 Å². The highest BCUT2D eigenvalue weighted by Gasteiger charge is 2.44. The molecule has 0 bridgehead atoms. The second-order valence-electron chi connectivity index (χ2n) is 6.25. The fourth-order valence-electron chi connectivity index (χ4n) is 2.23. The Labute approximate surface area is 115 Å². The van der Waals surface area contributed by atoms with Gasteiger partial charge in [-0.25, -0.2) is 0 Å². The van der Waals surface area contributed by atoms with E-state index in [4.69, 9.17) is 9.47 Å². The number of carbonyl (C=O) groups excluding carboxylic acids is 2. The molecule has 0 amide bonds. The van der Waals surface area contributed by atoms with E-state index in [2.05, 4.69) is 27.7 Å². The number of carbonyl (C=O) groups is 2. The molecule has 1 aliphatic rings. The van der Waals surface area contributed by atoms with E-state index in [1.807, 2.05) is 0 Å². The molecule has 1 aliphatic heterocycles. The van der Waals surface area contributed by atoms with Crippen LogP contribution in [-0.2, 0) is 19.1 Å². The first kappa shape index (κ1) is 16.3. The van der Waals surface area contributed by atoms with Crippen molar-refractivity contribution < 1.29 is 19.1 Å². The summed E-state index contributed by atoms with van der Waals surface area (Å²) in [5, 5.41) is 0. The van der Waals surface area contributed by atoms with Crippen LogP contribution in [0.4, 0.5) is 0 Å². The van der Waals surface area contributed by atoms with Gasteiger partial charge in [-0.15, -0.1) is 0 Å². The molecule has 1 saturated heterocycles. The van der Waals surface area contributed by atoms with Gasteiger partial charge in [0.25, 0.3) is 0 Å². The Morgan fingerprint density at radius 1 is 1.21 bits per heavy atom. The van der Waals surface area contributed by atoms with Crippen molar-refractivity contribution in [3.05, 3.63) is 0 Å². The first-order valence-electron chi connectivity index (χ1n) is 7.15. The molecule has 0 radical (unpaired) electrons. The lowest BCUT2D eigenvalue weighted by Crippen LogP contribution is -2.21. The summed E-state index contributed by atoms with van der Waals surface area (Å²) in [6, 6.07) is 0. The fourth-order valence-corrected chi connectivity index (χ4v) is 2.23. The van der Waals surface area contributed by atoms with Crippen LogP contribution in [0.2, 0.25) is 0 Å². The van der Waals surface area contributed by atoms with Crippen molar-refractivity contribution in [3.63, 3.8) is 0 Å². The molecular formula is C15H26O4. The Kier molecular flexibility index (Phi) is 6.66. The lowest BCUT2D eigenvalue weighted by molar-refractivity contribution is -0.122. The Morgan fingerprint density at radius 3 is 2.37 bits per heavy atom. The Morgan fingerprint density at radius 2 is 1.89 bits per heavy atom. The van der Waals surface area contributed by atoms with Crippen molar-refractivity contribution in [1.82, 2.24) is 0 Å². The van der Waals surface area contributed by atoms with Crippen LogP contribution >= 0.6 is 0 Å². The van der Waals surface area contributed by atoms with Crippen LogP contribution in [-0.4, -0.2) is 37.5 Å². The van der Waals surface area contributed by atoms with E-state index in [0.29, 0.717) is 31.1 Å². The second kappa shape index (κ2) is 7.75. The van der Waals surface area contributed by atoms with E-state index in [-0.39, 0.29) is 11.7 Å². The molecule has 0 aromatic carbocycles. The van der Waals surface area contributed by atoms with Crippen LogP contribution in [0.15, 0.2) is 0 Å². The Hall–Kier alpha value is -0.740. The molecule has 0 unspecified atom stereocenters. The third-order valence-corrected chi connectivity index (χ3v) is 3.08. The average molecular weight is 270 g/mol. The number of Topliss-reactive ketones (excluding diaryl/α,β-unsaturated/α-hetero) is 1. The zero-order valence-electron chi connectivity index (χ0n) is 12.4. The average Bonchev–Trinajstić information content (AvgIpc) is 3.06. The van der Waals surface area contributed by atoms with Gasteiger partial charge in [0.15, 0.2) is 12.1 Å². The van der Waals surface area contributed by atoms with Crippen LogP contribution in [0, 0.1) is 17.8 Å². The van der Waals surface area contributed by atoms with Crippen LogP contribution in [0.25, 0.3) is 0 Å². The van der Waals surface area contributed by atoms with Crippen molar-refractivity contribution in [2.45, 2.75) is 52.7 Å². The van der Waals surface area contributed by atoms with Gasteiger partial charge in [-0.2, -0.15) is 0 Å². The molecular weight excluding hydrogens is 244 g/mol. The topological polar surface area (TPSA) is 55.9 Å². The van der Waals surface area contributed by atoms with Crippen molar-refractivity contribution in [2.24, 2.45) is 17.8 Å². The molecule has 1 fully saturated rings. The number of epoxide rings is 1. The molecule has 0 aromatic rings. The molecule has 110 valence electrons. The van der Waals surface area contributed by atoms with Gasteiger partial charge in [-0.3, -0.25) is 4.79 Å². The molecule has 1 heterocycles. The highest BCUT2D eigenvalue weighted by Crippen LogP contribution is 2.26. The Bertz CT molecular complexity index is 299. The molecule has 0 saturated carbocycles. The molecule has 4 nitrogen and oxygen atoms in total. The number of ketones is 1. The SMILES string of the molecule is CC(C)COC[C@@H](CC(=O)[C@H]1O[C@@H]1C=O)CC(C)C. The normalized spacial score (nSPS) is 23.7. The molecule has 4 heteroatoms. The zero-order valence-corrected chi connectivity index (χ0v) is 12.4. The number of aldehydes is 1. The predicted molar refractivity (Wildman–Crippen MR) is 73.0 cm³/mol. The van der Waals surface area contributed by atoms with Crippen LogP contribution in [0.3, 0.4) is 0 Å². The quantitative estimate of drug-likeness (QED) is 0.451. The third-order valence-electron chi connectivity index (χ3n) is 3.08. The summed E-state index contributed by atoms with van der Waals surface area (Å²) < 4.78 is 10.7. The summed E-state index contributed by atoms with van der Waals surface area (Å²) in [6.07, 6.45) is 1.13. The summed E-state index contributed by atoms with van der Waals surface area (Å²) in [7, 11) is 0. The highest BCUT2D eigenvalue weighted by molar-refractivity contribution is 5.90. The summed E-state index contributed by atoms with van der Waals surface area (Å²) in [5.74, 6) is 1.29. The van der Waals surface area contributed by atoms with E-state index in [0.717, 1.165) is 13.0 Å². The second-order valence-corrected chi connectivity index (χ2v) is 6.25. The molecule has 0 aliphatic carbocycles. The van der Waals surface area contributed by atoms with Crippen molar-refractivity contribution in [1.29, 1.82) is 0 Å². The van der Waals surface area contributed by atoms with Crippen molar-refractivity contribution in [3.8, 4) is 0 Å². The minimum atomic E-state index is -0.496. The standard InChI is InChI=1S/C15H26O4/c1-10(2)5-12(9-18-8-11(3)4)6-13(17)15-14(7-16)19-15/h7,10-12,14-15H,5-6,8-9H2,1-4H3/t12-,14-,15-/m1/s1. The van der Waals surface area contributed by atoms with Crippen LogP contribution in [0.5, 0.6) is 0 Å². The summed E-state index contributed by atoms with van der Waals surface area (Å²) >= 11 is 0. The first-order valence-corrected chi connectivity index (χ1v) is 7.15. The summed E-state index contributed by atoms with van der Waals surface area (Å²) in [5.41, 5.74) is 0. The van der Waals surface area contributed by atoms with Gasteiger partial charge in [0.05, 0.1) is 0 Å². The van der Waals surface area contributed by atoms with Crippen molar-refractivity contribution in [2.75, 3.05) is 13.2 Å². The molecule has 0 spiro atoms. The molecule has 0 N–H and O–H groups in total. The van der Waals surface area contributed by atoms with E-state index in [9.17, 15) is 9.59 Å². The number of ether oxygens (including phenoxy) is 2. The highest BCUT2D eigenvalue weighted by atomic mass is 16.6. The Balaban J connectivity index is 2.36. The molecule has 0 aromatic heterocycles. The lowest BCUT2D eigenvalue weighted by Gasteiger charge is -2.19. The maximum absolute atomic E-state index is 11.9. The van der Waals surface area contributed by atoms with Gasteiger partial charge in [0.2, 0.25) is 0 Å². The van der Waals surface area contributed by atoms with E-state index >= 15 is 0 Å². The zero-order chi connectivity index (χ0) is 14.4. The minimum Gasteiger partial charge on any atom is -0.381 e. The molecule has 3 atom stereocenters. The maximum Gasteiger partial charge on any atom is 0.165 e. The van der Waals surface area contributed by atoms with Gasteiger partial charge in [0.1, 0.15) is 12.2 Å². The van der Waals surface area contributed by atoms with Gasteiger partial charge in [-0.1, -0.05) is 27.7 Å².